The number of nitrogens with one attached hydrogen (secondary N) is 1. The van der Waals surface area contributed by atoms with Crippen LogP contribution in [0.2, 0.25) is 0 Å². The summed E-state index contributed by atoms with van der Waals surface area (Å²) in [5.74, 6) is 1.33. The van der Waals surface area contributed by atoms with E-state index in [4.69, 9.17) is 16.3 Å². The monoisotopic (exact) mass is 226 g/mol. The summed E-state index contributed by atoms with van der Waals surface area (Å²) >= 11 is 5.87. The lowest BCUT2D eigenvalue weighted by atomic mass is 10.3. The van der Waals surface area contributed by atoms with Crippen molar-refractivity contribution in [2.24, 2.45) is 0 Å². The highest BCUT2D eigenvalue weighted by atomic mass is 35.5. The Balaban J connectivity index is 1.93. The van der Waals surface area contributed by atoms with E-state index in [-0.39, 0.29) is 5.54 Å². The lowest BCUT2D eigenvalue weighted by Gasteiger charge is -2.13. The van der Waals surface area contributed by atoms with Crippen LogP contribution in [0.3, 0.4) is 0 Å². The van der Waals surface area contributed by atoms with Crippen molar-refractivity contribution in [2.75, 3.05) is 13.0 Å². The Bertz CT molecular complexity index is 339. The Morgan fingerprint density at radius 3 is 2.93 bits per heavy atom. The van der Waals surface area contributed by atoms with Gasteiger partial charge >= 0.3 is 0 Å². The van der Waals surface area contributed by atoms with E-state index < -0.39 is 0 Å². The smallest absolute Gasteiger partial charge is 0.213 e. The van der Waals surface area contributed by atoms with Crippen molar-refractivity contribution in [2.45, 2.75) is 24.9 Å². The van der Waals surface area contributed by atoms with Gasteiger partial charge in [0.05, 0.1) is 12.8 Å². The molecule has 0 aliphatic heterocycles. The van der Waals surface area contributed by atoms with E-state index in [1.165, 1.54) is 12.8 Å². The van der Waals surface area contributed by atoms with Crippen molar-refractivity contribution in [1.29, 1.82) is 0 Å². The minimum Gasteiger partial charge on any atom is -0.481 e. The molecule has 0 amide bonds. The van der Waals surface area contributed by atoms with Crippen LogP contribution >= 0.6 is 11.6 Å². The summed E-state index contributed by atoms with van der Waals surface area (Å²) in [5, 5.41) is 3.44. The maximum absolute atomic E-state index is 5.87. The van der Waals surface area contributed by atoms with E-state index in [1.807, 2.05) is 18.2 Å². The summed E-state index contributed by atoms with van der Waals surface area (Å²) in [6.45, 7) is 0.754. The fraction of sp³-hybridized carbons (Fsp3) is 0.545. The zero-order chi connectivity index (χ0) is 10.7. The van der Waals surface area contributed by atoms with Gasteiger partial charge in [-0.1, -0.05) is 6.07 Å². The summed E-state index contributed by atoms with van der Waals surface area (Å²) in [7, 11) is 1.63. The van der Waals surface area contributed by atoms with Gasteiger partial charge in [-0.3, -0.25) is 0 Å². The van der Waals surface area contributed by atoms with Crippen LogP contribution in [-0.2, 0) is 6.54 Å². The maximum Gasteiger partial charge on any atom is 0.213 e. The minimum absolute atomic E-state index is 0.173. The van der Waals surface area contributed by atoms with Crippen LogP contribution < -0.4 is 10.1 Å². The van der Waals surface area contributed by atoms with E-state index in [2.05, 4.69) is 10.3 Å². The SMILES string of the molecule is COc1cccc(CNC2(CCl)CC2)n1. The summed E-state index contributed by atoms with van der Waals surface area (Å²) in [4.78, 5) is 4.33. The van der Waals surface area contributed by atoms with Gasteiger partial charge in [-0.15, -0.1) is 11.6 Å². The number of nitrogens with zero attached hydrogens (tertiary/aromatic N) is 1. The van der Waals surface area contributed by atoms with Crippen LogP contribution in [0.15, 0.2) is 18.2 Å². The van der Waals surface area contributed by atoms with E-state index in [0.717, 1.165) is 12.2 Å². The number of ether oxygens (including phenoxy) is 1. The summed E-state index contributed by atoms with van der Waals surface area (Å²) in [6, 6.07) is 5.78. The van der Waals surface area contributed by atoms with Crippen LogP contribution in [-0.4, -0.2) is 23.5 Å². The molecule has 1 N–H and O–H groups in total. The summed E-state index contributed by atoms with van der Waals surface area (Å²) < 4.78 is 5.06. The molecule has 15 heavy (non-hydrogen) atoms. The summed E-state index contributed by atoms with van der Waals surface area (Å²) in [6.07, 6.45) is 2.33. The van der Waals surface area contributed by atoms with Gasteiger partial charge in [-0.25, -0.2) is 4.98 Å². The Hall–Kier alpha value is -0.800. The zero-order valence-corrected chi connectivity index (χ0v) is 9.55. The standard InChI is InChI=1S/C11H15ClN2O/c1-15-10-4-2-3-9(14-10)7-13-11(8-12)5-6-11/h2-4,13H,5-8H2,1H3. The van der Waals surface area contributed by atoms with Gasteiger partial charge in [-0.05, 0) is 18.9 Å². The molecule has 3 nitrogen and oxygen atoms in total. The second kappa shape index (κ2) is 4.37. The average Bonchev–Trinajstić information content (AvgIpc) is 3.07. The van der Waals surface area contributed by atoms with Crippen LogP contribution in [0.5, 0.6) is 5.88 Å². The van der Waals surface area contributed by atoms with Crippen molar-refractivity contribution in [1.82, 2.24) is 10.3 Å². The Kier molecular flexibility index (Phi) is 3.12. The molecule has 1 aliphatic rings. The minimum atomic E-state index is 0.173. The molecule has 0 radical (unpaired) electrons. The van der Waals surface area contributed by atoms with Crippen LogP contribution in [0, 0.1) is 0 Å². The molecule has 0 unspecified atom stereocenters. The van der Waals surface area contributed by atoms with E-state index in [0.29, 0.717) is 11.8 Å². The van der Waals surface area contributed by atoms with Crippen molar-refractivity contribution in [3.05, 3.63) is 23.9 Å². The number of pyridine rings is 1. The first-order valence-electron chi connectivity index (χ1n) is 5.09. The molecule has 0 bridgehead atoms. The maximum atomic E-state index is 5.87. The van der Waals surface area contributed by atoms with Gasteiger partial charge in [0.2, 0.25) is 5.88 Å². The van der Waals surface area contributed by atoms with Crippen molar-refractivity contribution < 1.29 is 4.74 Å². The first-order valence-corrected chi connectivity index (χ1v) is 5.62. The fourth-order valence-corrected chi connectivity index (χ4v) is 1.82. The number of rotatable bonds is 5. The van der Waals surface area contributed by atoms with Crippen LogP contribution in [0.1, 0.15) is 18.5 Å². The van der Waals surface area contributed by atoms with E-state index in [1.54, 1.807) is 7.11 Å². The first-order chi connectivity index (χ1) is 7.28. The van der Waals surface area contributed by atoms with Gasteiger partial charge in [0.25, 0.3) is 0 Å². The second-order valence-corrected chi connectivity index (χ2v) is 4.21. The quantitative estimate of drug-likeness (QED) is 0.780. The molecule has 82 valence electrons. The van der Waals surface area contributed by atoms with Gasteiger partial charge in [0.1, 0.15) is 0 Å². The lowest BCUT2D eigenvalue weighted by Crippen LogP contribution is -2.32. The molecule has 0 saturated heterocycles. The third-order valence-corrected chi connectivity index (χ3v) is 3.26. The fourth-order valence-electron chi connectivity index (χ4n) is 1.46. The number of alkyl halides is 1. The third-order valence-electron chi connectivity index (χ3n) is 2.74. The van der Waals surface area contributed by atoms with Crippen LogP contribution in [0.4, 0.5) is 0 Å². The molecular formula is C11H15ClN2O. The predicted molar refractivity (Wildman–Crippen MR) is 60.3 cm³/mol. The summed E-state index contributed by atoms with van der Waals surface area (Å²) in [5.41, 5.74) is 1.16. The molecule has 2 rings (SSSR count). The Morgan fingerprint density at radius 2 is 2.33 bits per heavy atom. The Labute approximate surface area is 94.8 Å². The number of halogens is 1. The molecular weight excluding hydrogens is 212 g/mol. The van der Waals surface area contributed by atoms with Crippen molar-refractivity contribution >= 4 is 11.6 Å². The highest BCUT2D eigenvalue weighted by molar-refractivity contribution is 6.18. The molecule has 4 heteroatoms. The molecule has 0 spiro atoms. The molecule has 1 heterocycles. The van der Waals surface area contributed by atoms with E-state index >= 15 is 0 Å². The van der Waals surface area contributed by atoms with Gasteiger partial charge in [0.15, 0.2) is 0 Å². The van der Waals surface area contributed by atoms with Gasteiger partial charge in [0, 0.05) is 24.0 Å². The lowest BCUT2D eigenvalue weighted by molar-refractivity contribution is 0.395. The molecule has 1 aromatic heterocycles. The number of hydrogen-bond donors (Lipinski definition) is 1. The topological polar surface area (TPSA) is 34.1 Å². The predicted octanol–water partition coefficient (Wildman–Crippen LogP) is 1.95. The molecule has 1 aliphatic carbocycles. The highest BCUT2D eigenvalue weighted by Crippen LogP contribution is 2.36. The molecule has 0 atom stereocenters. The normalized spacial score (nSPS) is 17.5. The van der Waals surface area contributed by atoms with Crippen LogP contribution in [0.25, 0.3) is 0 Å². The second-order valence-electron chi connectivity index (χ2n) is 3.94. The first kappa shape index (κ1) is 10.7. The molecule has 1 fully saturated rings. The molecule has 0 aromatic carbocycles. The third kappa shape index (κ3) is 2.61. The average molecular weight is 227 g/mol. The molecule has 1 aromatic rings. The van der Waals surface area contributed by atoms with Gasteiger partial charge in [-0.2, -0.15) is 0 Å². The largest absolute Gasteiger partial charge is 0.481 e. The number of hydrogen-bond acceptors (Lipinski definition) is 3. The molecule has 1 saturated carbocycles. The zero-order valence-electron chi connectivity index (χ0n) is 8.79. The Morgan fingerprint density at radius 1 is 1.53 bits per heavy atom. The van der Waals surface area contributed by atoms with Crippen molar-refractivity contribution in [3.8, 4) is 5.88 Å². The van der Waals surface area contributed by atoms with Gasteiger partial charge < -0.3 is 10.1 Å². The number of methoxy groups -OCH3 is 1. The van der Waals surface area contributed by atoms with E-state index in [9.17, 15) is 0 Å². The highest BCUT2D eigenvalue weighted by Gasteiger charge is 2.41. The number of aromatic nitrogens is 1. The van der Waals surface area contributed by atoms with Crippen molar-refractivity contribution in [3.63, 3.8) is 0 Å².